The van der Waals surface area contributed by atoms with Crippen LogP contribution in [0, 0.1) is 5.82 Å². The van der Waals surface area contributed by atoms with Gasteiger partial charge in [0.25, 0.3) is 0 Å². The summed E-state index contributed by atoms with van der Waals surface area (Å²) in [5.74, 6) is 1.78. The van der Waals surface area contributed by atoms with Crippen LogP contribution in [0.4, 0.5) is 4.39 Å². The average molecular weight is 354 g/mol. The van der Waals surface area contributed by atoms with Gasteiger partial charge >= 0.3 is 0 Å². The first-order chi connectivity index (χ1) is 11.2. The standard InChI is InChI=1S/C18H20FNO3.ClH/c1-12(14-5-3-4-6-15(14)19)20-11-13-9-16(21-2)18-17(10-13)22-7-8-23-18;/h3-6,9-10,12,20H,7-8,11H2,1-2H3;1H. The van der Waals surface area contributed by atoms with Gasteiger partial charge < -0.3 is 19.5 Å². The van der Waals surface area contributed by atoms with Gasteiger partial charge in [0.1, 0.15) is 19.0 Å². The summed E-state index contributed by atoms with van der Waals surface area (Å²) < 4.78 is 30.4. The number of methoxy groups -OCH3 is 1. The molecule has 6 heteroatoms. The minimum absolute atomic E-state index is 0. The lowest BCUT2D eigenvalue weighted by Gasteiger charge is -2.22. The van der Waals surface area contributed by atoms with E-state index < -0.39 is 0 Å². The number of hydrogen-bond acceptors (Lipinski definition) is 4. The van der Waals surface area contributed by atoms with Crippen LogP contribution in [-0.4, -0.2) is 20.3 Å². The van der Waals surface area contributed by atoms with E-state index in [1.165, 1.54) is 6.07 Å². The van der Waals surface area contributed by atoms with Crippen LogP contribution in [0.1, 0.15) is 24.1 Å². The van der Waals surface area contributed by atoms with Gasteiger partial charge in [0.2, 0.25) is 5.75 Å². The zero-order valence-corrected chi connectivity index (χ0v) is 14.5. The second kappa shape index (κ2) is 8.22. The van der Waals surface area contributed by atoms with Crippen LogP contribution in [0.5, 0.6) is 17.2 Å². The molecule has 1 unspecified atom stereocenters. The number of halogens is 2. The molecule has 1 aliphatic heterocycles. The van der Waals surface area contributed by atoms with Crippen LogP contribution in [0.25, 0.3) is 0 Å². The van der Waals surface area contributed by atoms with Crippen LogP contribution < -0.4 is 19.5 Å². The molecular formula is C18H21ClFNO3. The molecule has 2 aromatic carbocycles. The Balaban J connectivity index is 0.00000208. The summed E-state index contributed by atoms with van der Waals surface area (Å²) in [5, 5.41) is 3.32. The fourth-order valence-electron chi connectivity index (χ4n) is 2.64. The monoisotopic (exact) mass is 353 g/mol. The molecule has 1 atom stereocenters. The largest absolute Gasteiger partial charge is 0.493 e. The summed E-state index contributed by atoms with van der Waals surface area (Å²) in [5.41, 5.74) is 1.64. The van der Waals surface area contributed by atoms with Gasteiger partial charge in [-0.25, -0.2) is 4.39 Å². The van der Waals surface area contributed by atoms with Crippen molar-refractivity contribution in [3.05, 3.63) is 53.3 Å². The van der Waals surface area contributed by atoms with E-state index in [9.17, 15) is 4.39 Å². The molecule has 3 rings (SSSR count). The van der Waals surface area contributed by atoms with Crippen molar-refractivity contribution in [3.63, 3.8) is 0 Å². The summed E-state index contributed by atoms with van der Waals surface area (Å²) in [6.07, 6.45) is 0. The highest BCUT2D eigenvalue weighted by molar-refractivity contribution is 5.85. The maximum atomic E-state index is 13.8. The third-order valence-corrected chi connectivity index (χ3v) is 3.87. The van der Waals surface area contributed by atoms with Gasteiger partial charge in [-0.2, -0.15) is 0 Å². The van der Waals surface area contributed by atoms with Crippen LogP contribution >= 0.6 is 12.4 Å². The topological polar surface area (TPSA) is 39.7 Å². The first-order valence-corrected chi connectivity index (χ1v) is 7.63. The van der Waals surface area contributed by atoms with Crippen LogP contribution in [0.15, 0.2) is 36.4 Å². The van der Waals surface area contributed by atoms with Gasteiger partial charge in [-0.1, -0.05) is 18.2 Å². The van der Waals surface area contributed by atoms with Gasteiger partial charge in [0.15, 0.2) is 11.5 Å². The number of rotatable bonds is 5. The van der Waals surface area contributed by atoms with Gasteiger partial charge in [-0.3, -0.25) is 0 Å². The van der Waals surface area contributed by atoms with E-state index in [1.54, 1.807) is 19.2 Å². The van der Waals surface area contributed by atoms with E-state index >= 15 is 0 Å². The van der Waals surface area contributed by atoms with E-state index in [2.05, 4.69) is 5.32 Å². The summed E-state index contributed by atoms with van der Waals surface area (Å²) >= 11 is 0. The van der Waals surface area contributed by atoms with E-state index in [0.717, 1.165) is 5.56 Å². The minimum atomic E-state index is -0.202. The maximum absolute atomic E-state index is 13.8. The molecule has 4 nitrogen and oxygen atoms in total. The number of ether oxygens (including phenoxy) is 3. The maximum Gasteiger partial charge on any atom is 0.203 e. The molecule has 24 heavy (non-hydrogen) atoms. The Morgan fingerprint density at radius 1 is 1.21 bits per heavy atom. The zero-order valence-electron chi connectivity index (χ0n) is 13.7. The fraction of sp³-hybridized carbons (Fsp3) is 0.333. The van der Waals surface area contributed by atoms with Gasteiger partial charge in [-0.15, -0.1) is 12.4 Å². The van der Waals surface area contributed by atoms with Crippen molar-refractivity contribution in [2.45, 2.75) is 19.5 Å². The van der Waals surface area contributed by atoms with E-state index in [-0.39, 0.29) is 24.3 Å². The van der Waals surface area contributed by atoms with Crippen molar-refractivity contribution >= 4 is 12.4 Å². The van der Waals surface area contributed by atoms with Gasteiger partial charge in [-0.05, 0) is 30.7 Å². The molecule has 1 aliphatic rings. The van der Waals surface area contributed by atoms with Crippen molar-refractivity contribution in [2.75, 3.05) is 20.3 Å². The zero-order chi connectivity index (χ0) is 16.2. The van der Waals surface area contributed by atoms with Crippen molar-refractivity contribution in [3.8, 4) is 17.2 Å². The number of hydrogen-bond donors (Lipinski definition) is 1. The molecule has 0 radical (unpaired) electrons. The van der Waals surface area contributed by atoms with Crippen LogP contribution in [-0.2, 0) is 6.54 Å². The number of nitrogens with one attached hydrogen (secondary N) is 1. The summed E-state index contributed by atoms with van der Waals surface area (Å²) in [7, 11) is 1.60. The highest BCUT2D eigenvalue weighted by Gasteiger charge is 2.19. The average Bonchev–Trinajstić information content (AvgIpc) is 2.59. The summed E-state index contributed by atoms with van der Waals surface area (Å²) in [6, 6.07) is 10.5. The van der Waals surface area contributed by atoms with Gasteiger partial charge in [0, 0.05) is 18.2 Å². The second-order valence-corrected chi connectivity index (χ2v) is 5.45. The van der Waals surface area contributed by atoms with Crippen molar-refractivity contribution < 1.29 is 18.6 Å². The van der Waals surface area contributed by atoms with E-state index in [0.29, 0.717) is 42.6 Å². The lowest BCUT2D eigenvalue weighted by Crippen LogP contribution is -2.20. The molecule has 0 bridgehead atoms. The third-order valence-electron chi connectivity index (χ3n) is 3.87. The molecule has 0 fully saturated rings. The van der Waals surface area contributed by atoms with Crippen molar-refractivity contribution in [1.82, 2.24) is 5.32 Å². The molecule has 0 aliphatic carbocycles. The smallest absolute Gasteiger partial charge is 0.203 e. The molecule has 0 saturated carbocycles. The normalized spacial score (nSPS) is 13.8. The Hall–Kier alpha value is -1.98. The molecule has 0 spiro atoms. The SMILES string of the molecule is COc1cc(CNC(C)c2ccccc2F)cc2c1OCCO2.Cl. The molecule has 0 aromatic heterocycles. The molecule has 2 aromatic rings. The molecule has 1 heterocycles. The Labute approximate surface area is 147 Å². The summed E-state index contributed by atoms with van der Waals surface area (Å²) in [6.45, 7) is 3.56. The second-order valence-electron chi connectivity index (χ2n) is 5.45. The van der Waals surface area contributed by atoms with E-state index in [1.807, 2.05) is 25.1 Å². The Morgan fingerprint density at radius 3 is 2.71 bits per heavy atom. The molecule has 0 saturated heterocycles. The quantitative estimate of drug-likeness (QED) is 0.885. The molecule has 1 N–H and O–H groups in total. The Bertz CT molecular complexity index is 679. The van der Waals surface area contributed by atoms with Gasteiger partial charge in [0.05, 0.1) is 7.11 Å². The van der Waals surface area contributed by atoms with Crippen LogP contribution in [0.3, 0.4) is 0 Å². The Morgan fingerprint density at radius 2 is 1.96 bits per heavy atom. The third kappa shape index (κ3) is 3.91. The highest BCUT2D eigenvalue weighted by atomic mass is 35.5. The highest BCUT2D eigenvalue weighted by Crippen LogP contribution is 2.40. The molecule has 130 valence electrons. The van der Waals surface area contributed by atoms with Crippen LogP contribution in [0.2, 0.25) is 0 Å². The lowest BCUT2D eigenvalue weighted by molar-refractivity contribution is 0.165. The number of fused-ring (bicyclic) bond motifs is 1. The predicted molar refractivity (Wildman–Crippen MR) is 92.9 cm³/mol. The molecular weight excluding hydrogens is 333 g/mol. The summed E-state index contributed by atoms with van der Waals surface area (Å²) in [4.78, 5) is 0. The van der Waals surface area contributed by atoms with Crippen molar-refractivity contribution in [1.29, 1.82) is 0 Å². The lowest BCUT2D eigenvalue weighted by atomic mass is 10.1. The van der Waals surface area contributed by atoms with Crippen molar-refractivity contribution in [2.24, 2.45) is 0 Å². The first kappa shape index (κ1) is 18.4. The predicted octanol–water partition coefficient (Wildman–Crippen LogP) is 3.88. The Kier molecular flexibility index (Phi) is 6.29. The minimum Gasteiger partial charge on any atom is -0.493 e. The first-order valence-electron chi connectivity index (χ1n) is 7.63. The number of benzene rings is 2. The van der Waals surface area contributed by atoms with E-state index in [4.69, 9.17) is 14.2 Å². The molecule has 0 amide bonds. The fourth-order valence-corrected chi connectivity index (χ4v) is 2.64.